The van der Waals surface area contributed by atoms with Crippen molar-refractivity contribution in [3.8, 4) is 0 Å². The summed E-state index contributed by atoms with van der Waals surface area (Å²) < 4.78 is 6.11. The lowest BCUT2D eigenvalue weighted by Gasteiger charge is -2.62. The summed E-state index contributed by atoms with van der Waals surface area (Å²) in [5.41, 5.74) is 0.470. The van der Waals surface area contributed by atoms with Crippen LogP contribution in [-0.2, 0) is 4.74 Å². The molecule has 2 nitrogen and oxygen atoms in total. The summed E-state index contributed by atoms with van der Waals surface area (Å²) in [4.78, 5) is 0. The van der Waals surface area contributed by atoms with Crippen LogP contribution in [-0.4, -0.2) is 23.4 Å². The number of hydrogen-bond donors (Lipinski definition) is 1. The fraction of sp³-hybridized carbons (Fsp3) is 1.00. The lowest BCUT2D eigenvalue weighted by Crippen LogP contribution is -2.59. The quantitative estimate of drug-likeness (QED) is 0.498. The lowest BCUT2D eigenvalue weighted by molar-refractivity contribution is -0.181. The molecule has 31 heavy (non-hydrogen) atoms. The van der Waals surface area contributed by atoms with E-state index in [9.17, 15) is 5.11 Å². The van der Waals surface area contributed by atoms with E-state index >= 15 is 0 Å². The van der Waals surface area contributed by atoms with Gasteiger partial charge >= 0.3 is 0 Å². The van der Waals surface area contributed by atoms with E-state index in [2.05, 4.69) is 34.6 Å². The molecule has 0 aromatic carbocycles. The van der Waals surface area contributed by atoms with Crippen LogP contribution in [0.5, 0.6) is 0 Å². The number of rotatable bonds is 5. The zero-order valence-electron chi connectivity index (χ0n) is 21.2. The van der Waals surface area contributed by atoms with Crippen LogP contribution in [0.1, 0.15) is 112 Å². The Kier molecular flexibility index (Phi) is 5.86. The molecule has 1 heterocycles. The van der Waals surface area contributed by atoms with E-state index in [4.69, 9.17) is 4.74 Å². The maximum atomic E-state index is 11.2. The minimum atomic E-state index is -0.510. The van der Waals surface area contributed by atoms with Crippen LogP contribution in [0.15, 0.2) is 0 Å². The molecule has 0 aromatic heterocycles. The molecule has 4 saturated carbocycles. The van der Waals surface area contributed by atoms with Gasteiger partial charge in [0.1, 0.15) is 0 Å². The van der Waals surface area contributed by atoms with Crippen LogP contribution in [0.25, 0.3) is 0 Å². The Hall–Kier alpha value is -0.0800. The van der Waals surface area contributed by atoms with E-state index in [-0.39, 0.29) is 6.10 Å². The predicted molar refractivity (Wildman–Crippen MR) is 128 cm³/mol. The summed E-state index contributed by atoms with van der Waals surface area (Å²) in [5, 5.41) is 11.2. The van der Waals surface area contributed by atoms with Gasteiger partial charge in [-0.25, -0.2) is 0 Å². The van der Waals surface area contributed by atoms with Gasteiger partial charge < -0.3 is 9.84 Å². The van der Waals surface area contributed by atoms with Crippen molar-refractivity contribution in [3.63, 3.8) is 0 Å². The summed E-state index contributed by atoms with van der Waals surface area (Å²) in [6.07, 6.45) is 16.0. The van der Waals surface area contributed by atoms with Crippen molar-refractivity contribution in [2.24, 2.45) is 52.3 Å². The van der Waals surface area contributed by atoms with Crippen LogP contribution in [0.3, 0.4) is 0 Å². The highest BCUT2D eigenvalue weighted by atomic mass is 16.5. The smallest absolute Gasteiger partial charge is 0.0933 e. The average Bonchev–Trinajstić information content (AvgIpc) is 3.24. The molecule has 178 valence electrons. The van der Waals surface area contributed by atoms with Gasteiger partial charge in [0.05, 0.1) is 11.7 Å². The zero-order valence-corrected chi connectivity index (χ0v) is 21.2. The Morgan fingerprint density at radius 1 is 0.871 bits per heavy atom. The summed E-state index contributed by atoms with van der Waals surface area (Å²) in [6, 6.07) is 0. The third-order valence-corrected chi connectivity index (χ3v) is 11.9. The monoisotopic (exact) mass is 430 g/mol. The molecule has 3 unspecified atom stereocenters. The van der Waals surface area contributed by atoms with Gasteiger partial charge in [0, 0.05) is 13.0 Å². The Labute approximate surface area is 192 Å². The second kappa shape index (κ2) is 8.00. The summed E-state index contributed by atoms with van der Waals surface area (Å²) in [6.45, 7) is 13.4. The number of fused-ring (bicyclic) bond motifs is 6. The number of ether oxygens (including phenoxy) is 1. The highest BCUT2D eigenvalue weighted by Crippen LogP contribution is 2.69. The van der Waals surface area contributed by atoms with Crippen molar-refractivity contribution in [2.45, 2.75) is 123 Å². The average molecular weight is 431 g/mol. The molecule has 10 atom stereocenters. The van der Waals surface area contributed by atoms with Crippen molar-refractivity contribution in [2.75, 3.05) is 6.61 Å². The molecule has 0 bridgehead atoms. The number of aliphatic hydroxyl groups is 1. The second-order valence-electron chi connectivity index (χ2n) is 13.8. The van der Waals surface area contributed by atoms with Gasteiger partial charge in [0.15, 0.2) is 0 Å². The van der Waals surface area contributed by atoms with Crippen LogP contribution in [0.2, 0.25) is 0 Å². The first-order valence-corrected chi connectivity index (χ1v) is 14.0. The summed E-state index contributed by atoms with van der Waals surface area (Å²) in [7, 11) is 0. The fourth-order valence-electron chi connectivity index (χ4n) is 10.2. The Balaban J connectivity index is 1.31. The van der Waals surface area contributed by atoms with Gasteiger partial charge in [0.2, 0.25) is 0 Å². The van der Waals surface area contributed by atoms with E-state index < -0.39 is 5.60 Å². The van der Waals surface area contributed by atoms with E-state index in [0.29, 0.717) is 16.7 Å². The predicted octanol–water partition coefficient (Wildman–Crippen LogP) is 7.24. The maximum Gasteiger partial charge on any atom is 0.0933 e. The molecule has 1 N–H and O–H groups in total. The second-order valence-corrected chi connectivity index (χ2v) is 13.8. The van der Waals surface area contributed by atoms with Gasteiger partial charge in [-0.15, -0.1) is 0 Å². The first-order chi connectivity index (χ1) is 14.7. The van der Waals surface area contributed by atoms with Crippen LogP contribution in [0.4, 0.5) is 0 Å². The molecule has 4 aliphatic carbocycles. The molecule has 0 aromatic rings. The molecular formula is C29H50O2. The van der Waals surface area contributed by atoms with Crippen molar-refractivity contribution in [1.29, 1.82) is 0 Å². The Bertz CT molecular complexity index is 659. The SMILES string of the molecule is CC(C)CCC[C@@H](C)[C@H]1CC[C@H]2[C@@H]3CCC4CC5(O)CCOC5C[C@]4(C)[C@H]3CC[C@]12C. The molecule has 2 heteroatoms. The van der Waals surface area contributed by atoms with Crippen LogP contribution < -0.4 is 0 Å². The highest BCUT2D eigenvalue weighted by molar-refractivity contribution is 5.13. The summed E-state index contributed by atoms with van der Waals surface area (Å²) in [5.74, 6) is 6.16. The molecule has 5 aliphatic rings. The fourth-order valence-corrected chi connectivity index (χ4v) is 10.2. The van der Waals surface area contributed by atoms with Gasteiger partial charge in [-0.3, -0.25) is 0 Å². The van der Waals surface area contributed by atoms with Crippen molar-refractivity contribution < 1.29 is 9.84 Å². The lowest BCUT2D eigenvalue weighted by atomic mass is 9.43. The normalized spacial score (nSPS) is 52.4. The topological polar surface area (TPSA) is 29.5 Å². The van der Waals surface area contributed by atoms with Crippen molar-refractivity contribution >= 4 is 0 Å². The molecular weight excluding hydrogens is 380 g/mol. The van der Waals surface area contributed by atoms with Crippen LogP contribution >= 0.6 is 0 Å². The van der Waals surface area contributed by atoms with E-state index in [0.717, 1.165) is 61.4 Å². The molecule has 1 saturated heterocycles. The third-order valence-electron chi connectivity index (χ3n) is 11.9. The molecule has 5 fully saturated rings. The molecule has 5 rings (SSSR count). The first kappa shape index (κ1) is 22.7. The zero-order chi connectivity index (χ0) is 22.0. The molecule has 0 amide bonds. The van der Waals surface area contributed by atoms with Crippen molar-refractivity contribution in [1.82, 2.24) is 0 Å². The Morgan fingerprint density at radius 2 is 1.65 bits per heavy atom. The van der Waals surface area contributed by atoms with Gasteiger partial charge in [0.25, 0.3) is 0 Å². The van der Waals surface area contributed by atoms with Crippen LogP contribution in [0, 0.1) is 52.3 Å². The maximum absolute atomic E-state index is 11.2. The summed E-state index contributed by atoms with van der Waals surface area (Å²) >= 11 is 0. The van der Waals surface area contributed by atoms with Crippen molar-refractivity contribution in [3.05, 3.63) is 0 Å². The third kappa shape index (κ3) is 3.56. The first-order valence-electron chi connectivity index (χ1n) is 14.0. The largest absolute Gasteiger partial charge is 0.387 e. The van der Waals surface area contributed by atoms with E-state index in [1.165, 1.54) is 57.8 Å². The molecule has 0 spiro atoms. The van der Waals surface area contributed by atoms with E-state index in [1.54, 1.807) is 0 Å². The van der Waals surface area contributed by atoms with Gasteiger partial charge in [-0.05, 0) is 104 Å². The standard InChI is InChI=1S/C29H50O2/c1-19(2)7-6-8-20(3)23-11-12-24-22-10-9-21-17-29(30)15-16-31-26(29)18-28(21,5)25(22)13-14-27(23,24)4/h19-26,30H,6-18H2,1-5H3/t20-,21?,22+,23-,24+,25+,26?,27-,28+,29?/m1/s1. The van der Waals surface area contributed by atoms with Gasteiger partial charge in [-0.1, -0.05) is 53.9 Å². The molecule has 1 aliphatic heterocycles. The minimum absolute atomic E-state index is 0.109. The van der Waals surface area contributed by atoms with Gasteiger partial charge in [-0.2, -0.15) is 0 Å². The minimum Gasteiger partial charge on any atom is -0.387 e. The highest BCUT2D eigenvalue weighted by Gasteiger charge is 2.64. The Morgan fingerprint density at radius 3 is 2.42 bits per heavy atom. The van der Waals surface area contributed by atoms with E-state index in [1.807, 2.05) is 0 Å². The molecule has 0 radical (unpaired) electrons. The number of hydrogen-bond acceptors (Lipinski definition) is 2.